The van der Waals surface area contributed by atoms with Gasteiger partial charge in [-0.15, -0.1) is 0 Å². The Balaban J connectivity index is 2.11. The molecular formula is C14H24N2. The highest BCUT2D eigenvalue weighted by Crippen LogP contribution is 2.03. The second-order valence-electron chi connectivity index (χ2n) is 4.66. The summed E-state index contributed by atoms with van der Waals surface area (Å²) in [6.07, 6.45) is 3.48. The van der Waals surface area contributed by atoms with Gasteiger partial charge in [0.15, 0.2) is 0 Å². The zero-order valence-corrected chi connectivity index (χ0v) is 10.5. The molecule has 2 heteroatoms. The van der Waals surface area contributed by atoms with Crippen LogP contribution in [-0.2, 0) is 6.42 Å². The van der Waals surface area contributed by atoms with Gasteiger partial charge in [-0.2, -0.15) is 0 Å². The van der Waals surface area contributed by atoms with Gasteiger partial charge >= 0.3 is 0 Å². The van der Waals surface area contributed by atoms with E-state index in [0.717, 1.165) is 19.5 Å². The van der Waals surface area contributed by atoms with Crippen LogP contribution in [-0.4, -0.2) is 31.1 Å². The Kier molecular flexibility index (Phi) is 6.12. The number of nitrogens with two attached hydrogens (primary N) is 1. The minimum atomic E-state index is 0.316. The molecule has 0 bridgehead atoms. The molecule has 1 rings (SSSR count). The maximum absolute atomic E-state index is 5.73. The van der Waals surface area contributed by atoms with Gasteiger partial charge < -0.3 is 10.6 Å². The SMILES string of the molecule is CC(N)CCN(C)CCCc1ccccc1. The van der Waals surface area contributed by atoms with E-state index in [0.29, 0.717) is 6.04 Å². The topological polar surface area (TPSA) is 29.3 Å². The Morgan fingerprint density at radius 2 is 1.88 bits per heavy atom. The molecule has 1 aromatic carbocycles. The Morgan fingerprint density at radius 1 is 1.19 bits per heavy atom. The fourth-order valence-electron chi connectivity index (χ4n) is 1.73. The summed E-state index contributed by atoms with van der Waals surface area (Å²) in [7, 11) is 2.17. The van der Waals surface area contributed by atoms with Crippen LogP contribution in [0.4, 0.5) is 0 Å². The number of hydrogen-bond acceptors (Lipinski definition) is 2. The first-order valence-electron chi connectivity index (χ1n) is 6.16. The molecule has 0 radical (unpaired) electrons. The van der Waals surface area contributed by atoms with Crippen molar-refractivity contribution in [2.24, 2.45) is 5.73 Å². The van der Waals surface area contributed by atoms with E-state index in [-0.39, 0.29) is 0 Å². The van der Waals surface area contributed by atoms with Gasteiger partial charge in [0.1, 0.15) is 0 Å². The molecular weight excluding hydrogens is 196 g/mol. The molecule has 1 aromatic rings. The Labute approximate surface area is 99.5 Å². The van der Waals surface area contributed by atoms with Gasteiger partial charge in [-0.3, -0.25) is 0 Å². The summed E-state index contributed by atoms with van der Waals surface area (Å²) in [5.74, 6) is 0. The van der Waals surface area contributed by atoms with Gasteiger partial charge in [-0.25, -0.2) is 0 Å². The zero-order chi connectivity index (χ0) is 11.8. The van der Waals surface area contributed by atoms with Crippen molar-refractivity contribution in [3.63, 3.8) is 0 Å². The minimum Gasteiger partial charge on any atom is -0.328 e. The van der Waals surface area contributed by atoms with Crippen molar-refractivity contribution in [3.8, 4) is 0 Å². The molecule has 0 aliphatic heterocycles. The van der Waals surface area contributed by atoms with Crippen LogP contribution < -0.4 is 5.73 Å². The summed E-state index contributed by atoms with van der Waals surface area (Å²) in [4.78, 5) is 2.37. The summed E-state index contributed by atoms with van der Waals surface area (Å²) in [6.45, 7) is 4.33. The van der Waals surface area contributed by atoms with Crippen molar-refractivity contribution in [1.82, 2.24) is 4.90 Å². The van der Waals surface area contributed by atoms with Gasteiger partial charge in [0, 0.05) is 6.04 Å². The highest BCUT2D eigenvalue weighted by molar-refractivity contribution is 5.14. The van der Waals surface area contributed by atoms with E-state index < -0.39 is 0 Å². The molecule has 16 heavy (non-hydrogen) atoms. The van der Waals surface area contributed by atoms with E-state index in [1.54, 1.807) is 0 Å². The van der Waals surface area contributed by atoms with Crippen LogP contribution in [0.15, 0.2) is 30.3 Å². The maximum Gasteiger partial charge on any atom is 0.00226 e. The number of nitrogens with zero attached hydrogens (tertiary/aromatic N) is 1. The summed E-state index contributed by atoms with van der Waals surface area (Å²) in [5, 5.41) is 0. The molecule has 2 nitrogen and oxygen atoms in total. The highest BCUT2D eigenvalue weighted by Gasteiger charge is 2.00. The third-order valence-electron chi connectivity index (χ3n) is 2.81. The smallest absolute Gasteiger partial charge is 0.00226 e. The Bertz CT molecular complexity index is 269. The van der Waals surface area contributed by atoms with Crippen molar-refractivity contribution >= 4 is 0 Å². The van der Waals surface area contributed by atoms with Crippen molar-refractivity contribution in [3.05, 3.63) is 35.9 Å². The Hall–Kier alpha value is -0.860. The lowest BCUT2D eigenvalue weighted by Gasteiger charge is -2.17. The van der Waals surface area contributed by atoms with Crippen molar-refractivity contribution in [1.29, 1.82) is 0 Å². The van der Waals surface area contributed by atoms with E-state index in [2.05, 4.69) is 49.2 Å². The lowest BCUT2D eigenvalue weighted by Crippen LogP contribution is -2.27. The lowest BCUT2D eigenvalue weighted by atomic mass is 10.1. The predicted molar refractivity (Wildman–Crippen MR) is 70.5 cm³/mol. The van der Waals surface area contributed by atoms with Crippen molar-refractivity contribution in [2.75, 3.05) is 20.1 Å². The quantitative estimate of drug-likeness (QED) is 0.764. The third-order valence-corrected chi connectivity index (χ3v) is 2.81. The summed E-state index contributed by atoms with van der Waals surface area (Å²) in [6, 6.07) is 11.0. The maximum atomic E-state index is 5.73. The summed E-state index contributed by atoms with van der Waals surface area (Å²) in [5.41, 5.74) is 7.17. The molecule has 90 valence electrons. The summed E-state index contributed by atoms with van der Waals surface area (Å²) < 4.78 is 0. The lowest BCUT2D eigenvalue weighted by molar-refractivity contribution is 0.316. The molecule has 0 aromatic heterocycles. The second kappa shape index (κ2) is 7.42. The molecule has 0 saturated heterocycles. The first-order chi connectivity index (χ1) is 7.68. The van der Waals surface area contributed by atoms with Crippen molar-refractivity contribution < 1.29 is 0 Å². The second-order valence-corrected chi connectivity index (χ2v) is 4.66. The molecule has 0 saturated carbocycles. The Morgan fingerprint density at radius 3 is 2.50 bits per heavy atom. The number of rotatable bonds is 7. The molecule has 1 atom stereocenters. The molecule has 1 unspecified atom stereocenters. The highest BCUT2D eigenvalue weighted by atomic mass is 15.1. The number of hydrogen-bond donors (Lipinski definition) is 1. The standard InChI is InChI=1S/C14H24N2/c1-13(15)10-12-16(2)11-6-9-14-7-4-3-5-8-14/h3-5,7-8,13H,6,9-12,15H2,1-2H3. The van der Waals surface area contributed by atoms with Crippen molar-refractivity contribution in [2.45, 2.75) is 32.2 Å². The van der Waals surface area contributed by atoms with Crippen LogP contribution in [0.5, 0.6) is 0 Å². The van der Waals surface area contributed by atoms with Gasteiger partial charge in [0.2, 0.25) is 0 Å². The zero-order valence-electron chi connectivity index (χ0n) is 10.5. The van der Waals surface area contributed by atoms with E-state index in [1.165, 1.54) is 18.4 Å². The third kappa shape index (κ3) is 5.89. The summed E-state index contributed by atoms with van der Waals surface area (Å²) >= 11 is 0. The molecule has 0 spiro atoms. The largest absolute Gasteiger partial charge is 0.328 e. The molecule has 0 aliphatic carbocycles. The van der Waals surface area contributed by atoms with Crippen LogP contribution >= 0.6 is 0 Å². The van der Waals surface area contributed by atoms with Crippen LogP contribution in [0.3, 0.4) is 0 Å². The van der Waals surface area contributed by atoms with E-state index in [1.807, 2.05) is 0 Å². The van der Waals surface area contributed by atoms with Crippen LogP contribution in [0.25, 0.3) is 0 Å². The monoisotopic (exact) mass is 220 g/mol. The fourth-order valence-corrected chi connectivity index (χ4v) is 1.73. The van der Waals surface area contributed by atoms with Gasteiger partial charge in [-0.05, 0) is 51.9 Å². The minimum absolute atomic E-state index is 0.316. The number of aryl methyl sites for hydroxylation is 1. The first kappa shape index (κ1) is 13.2. The number of benzene rings is 1. The molecule has 0 aliphatic rings. The van der Waals surface area contributed by atoms with Gasteiger partial charge in [0.05, 0.1) is 0 Å². The average Bonchev–Trinajstić information content (AvgIpc) is 2.28. The predicted octanol–water partition coefficient (Wildman–Crippen LogP) is 2.29. The van der Waals surface area contributed by atoms with Crippen LogP contribution in [0.1, 0.15) is 25.3 Å². The van der Waals surface area contributed by atoms with Crippen LogP contribution in [0.2, 0.25) is 0 Å². The average molecular weight is 220 g/mol. The van der Waals surface area contributed by atoms with E-state index in [4.69, 9.17) is 5.73 Å². The van der Waals surface area contributed by atoms with Gasteiger partial charge in [-0.1, -0.05) is 30.3 Å². The first-order valence-corrected chi connectivity index (χ1v) is 6.16. The van der Waals surface area contributed by atoms with Gasteiger partial charge in [0.25, 0.3) is 0 Å². The molecule has 0 heterocycles. The van der Waals surface area contributed by atoms with E-state index >= 15 is 0 Å². The molecule has 0 fully saturated rings. The van der Waals surface area contributed by atoms with Crippen LogP contribution in [0, 0.1) is 0 Å². The fraction of sp³-hybridized carbons (Fsp3) is 0.571. The molecule has 2 N–H and O–H groups in total. The molecule has 0 amide bonds. The van der Waals surface area contributed by atoms with E-state index in [9.17, 15) is 0 Å². The normalized spacial score (nSPS) is 13.0.